The van der Waals surface area contributed by atoms with Gasteiger partial charge in [0.15, 0.2) is 5.82 Å². The van der Waals surface area contributed by atoms with Gasteiger partial charge in [-0.25, -0.2) is 0 Å². The first kappa shape index (κ1) is 15.1. The van der Waals surface area contributed by atoms with Gasteiger partial charge in [0.1, 0.15) is 0 Å². The van der Waals surface area contributed by atoms with Crippen LogP contribution in [0.3, 0.4) is 0 Å². The Bertz CT molecular complexity index is 622. The average Bonchev–Trinajstić information content (AvgIpc) is 2.99. The van der Waals surface area contributed by atoms with E-state index in [1.54, 1.807) is 0 Å². The molecule has 0 unspecified atom stereocenters. The lowest BCUT2D eigenvalue weighted by molar-refractivity contribution is 0.411. The number of halogens is 2. The molecular formula is C14H17ClIN5. The molecule has 2 heterocycles. The van der Waals surface area contributed by atoms with Crippen molar-refractivity contribution in [2.24, 2.45) is 11.7 Å². The minimum atomic E-state index is 0.633. The summed E-state index contributed by atoms with van der Waals surface area (Å²) in [5.41, 5.74) is 6.71. The first-order valence-electron chi connectivity index (χ1n) is 7.00. The Kier molecular flexibility index (Phi) is 4.66. The molecule has 1 aromatic heterocycles. The van der Waals surface area contributed by atoms with E-state index in [1.165, 1.54) is 0 Å². The highest BCUT2D eigenvalue weighted by molar-refractivity contribution is 14.1. The zero-order valence-electron chi connectivity index (χ0n) is 11.5. The number of aromatic nitrogens is 3. The quantitative estimate of drug-likeness (QED) is 0.754. The summed E-state index contributed by atoms with van der Waals surface area (Å²) in [4.78, 5) is 6.83. The molecule has 1 aliphatic rings. The van der Waals surface area contributed by atoms with Crippen molar-refractivity contribution in [3.8, 4) is 11.4 Å². The topological polar surface area (TPSA) is 70.8 Å². The summed E-state index contributed by atoms with van der Waals surface area (Å²) in [5.74, 6) is 2.16. The molecule has 7 heteroatoms. The van der Waals surface area contributed by atoms with Gasteiger partial charge in [-0.2, -0.15) is 4.98 Å². The first-order valence-corrected chi connectivity index (χ1v) is 8.46. The third-order valence-corrected chi connectivity index (χ3v) is 5.06. The van der Waals surface area contributed by atoms with Gasteiger partial charge in [-0.3, -0.25) is 5.10 Å². The number of nitrogens with zero attached hydrogens (tertiary/aromatic N) is 3. The molecule has 3 rings (SSSR count). The van der Waals surface area contributed by atoms with Crippen LogP contribution in [0.1, 0.15) is 12.8 Å². The molecule has 0 amide bonds. The van der Waals surface area contributed by atoms with Crippen LogP contribution in [-0.2, 0) is 0 Å². The number of nitrogens with two attached hydrogens (primary N) is 1. The van der Waals surface area contributed by atoms with Crippen LogP contribution in [0.25, 0.3) is 11.4 Å². The van der Waals surface area contributed by atoms with Gasteiger partial charge in [0.25, 0.3) is 0 Å². The lowest BCUT2D eigenvalue weighted by Gasteiger charge is -2.30. The number of nitrogens with one attached hydrogen (secondary N) is 1. The number of piperidine rings is 1. The van der Waals surface area contributed by atoms with Crippen molar-refractivity contribution in [1.82, 2.24) is 15.2 Å². The predicted molar refractivity (Wildman–Crippen MR) is 93.5 cm³/mol. The van der Waals surface area contributed by atoms with Crippen molar-refractivity contribution in [2.45, 2.75) is 12.8 Å². The molecule has 1 aromatic carbocycles. The third-order valence-electron chi connectivity index (χ3n) is 3.89. The highest BCUT2D eigenvalue weighted by atomic mass is 127. The van der Waals surface area contributed by atoms with Crippen LogP contribution in [0.5, 0.6) is 0 Å². The van der Waals surface area contributed by atoms with Crippen molar-refractivity contribution < 1.29 is 0 Å². The van der Waals surface area contributed by atoms with Gasteiger partial charge in [0.05, 0.1) is 0 Å². The van der Waals surface area contributed by atoms with Crippen LogP contribution in [0, 0.1) is 9.49 Å². The number of rotatable bonds is 3. The molecule has 5 nitrogen and oxygen atoms in total. The van der Waals surface area contributed by atoms with E-state index < -0.39 is 0 Å². The lowest BCUT2D eigenvalue weighted by Crippen LogP contribution is -2.36. The van der Waals surface area contributed by atoms with Gasteiger partial charge in [-0.1, -0.05) is 11.6 Å². The third kappa shape index (κ3) is 3.32. The Morgan fingerprint density at radius 2 is 2.14 bits per heavy atom. The maximum atomic E-state index is 6.07. The summed E-state index contributed by atoms with van der Waals surface area (Å²) in [6, 6.07) is 5.77. The molecule has 0 radical (unpaired) electrons. The van der Waals surface area contributed by atoms with E-state index in [0.29, 0.717) is 10.9 Å². The van der Waals surface area contributed by atoms with Crippen molar-refractivity contribution >= 4 is 40.1 Å². The fourth-order valence-electron chi connectivity index (χ4n) is 2.56. The van der Waals surface area contributed by atoms with Crippen molar-refractivity contribution in [1.29, 1.82) is 0 Å². The molecule has 3 N–H and O–H groups in total. The minimum Gasteiger partial charge on any atom is -0.340 e. The monoisotopic (exact) mass is 417 g/mol. The SMILES string of the molecule is NCC1CCN(c2n[nH]c(-c3cc(Cl)ccc3I)n2)CC1. The number of hydrogen-bond acceptors (Lipinski definition) is 4. The molecule has 2 aromatic rings. The molecule has 0 atom stereocenters. The summed E-state index contributed by atoms with van der Waals surface area (Å²) < 4.78 is 1.10. The number of hydrogen-bond donors (Lipinski definition) is 2. The Labute approximate surface area is 142 Å². The van der Waals surface area contributed by atoms with E-state index in [2.05, 4.69) is 42.7 Å². The van der Waals surface area contributed by atoms with Crippen LogP contribution in [-0.4, -0.2) is 34.8 Å². The van der Waals surface area contributed by atoms with Crippen molar-refractivity contribution in [3.05, 3.63) is 26.8 Å². The van der Waals surface area contributed by atoms with Gasteiger partial charge in [-0.15, -0.1) is 5.10 Å². The van der Waals surface area contributed by atoms with E-state index in [4.69, 9.17) is 17.3 Å². The Balaban J connectivity index is 1.79. The van der Waals surface area contributed by atoms with Gasteiger partial charge in [0.2, 0.25) is 5.95 Å². The molecule has 0 bridgehead atoms. The molecular weight excluding hydrogens is 401 g/mol. The summed E-state index contributed by atoms with van der Waals surface area (Å²) in [5, 5.41) is 8.07. The Morgan fingerprint density at radius 1 is 1.38 bits per heavy atom. The summed E-state index contributed by atoms with van der Waals surface area (Å²) in [7, 11) is 0. The van der Waals surface area contributed by atoms with E-state index in [0.717, 1.165) is 53.4 Å². The molecule has 0 spiro atoms. The molecule has 112 valence electrons. The van der Waals surface area contributed by atoms with Crippen LogP contribution in [0.15, 0.2) is 18.2 Å². The largest absolute Gasteiger partial charge is 0.340 e. The Morgan fingerprint density at radius 3 is 2.86 bits per heavy atom. The second-order valence-electron chi connectivity index (χ2n) is 5.27. The van der Waals surface area contributed by atoms with E-state index >= 15 is 0 Å². The normalized spacial score (nSPS) is 16.4. The van der Waals surface area contributed by atoms with Gasteiger partial charge in [0, 0.05) is 27.2 Å². The van der Waals surface area contributed by atoms with Crippen LogP contribution in [0.2, 0.25) is 5.02 Å². The average molecular weight is 418 g/mol. The molecule has 0 aliphatic carbocycles. The number of anilines is 1. The van der Waals surface area contributed by atoms with Crippen LogP contribution in [0.4, 0.5) is 5.95 Å². The summed E-state index contributed by atoms with van der Waals surface area (Å²) >= 11 is 8.34. The Hall–Kier alpha value is -0.860. The zero-order chi connectivity index (χ0) is 14.8. The highest BCUT2D eigenvalue weighted by Gasteiger charge is 2.21. The van der Waals surface area contributed by atoms with Gasteiger partial charge < -0.3 is 10.6 Å². The number of benzene rings is 1. The zero-order valence-corrected chi connectivity index (χ0v) is 14.4. The minimum absolute atomic E-state index is 0.633. The predicted octanol–water partition coefficient (Wildman–Crippen LogP) is 2.90. The second-order valence-corrected chi connectivity index (χ2v) is 6.87. The van der Waals surface area contributed by atoms with Gasteiger partial charge >= 0.3 is 0 Å². The fraction of sp³-hybridized carbons (Fsp3) is 0.429. The van der Waals surface area contributed by atoms with Crippen molar-refractivity contribution in [2.75, 3.05) is 24.5 Å². The summed E-state index contributed by atoms with van der Waals surface area (Å²) in [6.45, 7) is 2.70. The molecule has 0 saturated carbocycles. The maximum Gasteiger partial charge on any atom is 0.245 e. The second kappa shape index (κ2) is 6.50. The maximum absolute atomic E-state index is 6.07. The van der Waals surface area contributed by atoms with E-state index in [1.807, 2.05) is 18.2 Å². The smallest absolute Gasteiger partial charge is 0.245 e. The highest BCUT2D eigenvalue weighted by Crippen LogP contribution is 2.27. The number of aromatic amines is 1. The van der Waals surface area contributed by atoms with Crippen molar-refractivity contribution in [3.63, 3.8) is 0 Å². The van der Waals surface area contributed by atoms with E-state index in [9.17, 15) is 0 Å². The molecule has 1 aliphatic heterocycles. The molecule has 1 fully saturated rings. The number of H-pyrrole nitrogens is 1. The van der Waals surface area contributed by atoms with Crippen LogP contribution >= 0.6 is 34.2 Å². The fourth-order valence-corrected chi connectivity index (χ4v) is 3.33. The summed E-state index contributed by atoms with van der Waals surface area (Å²) in [6.07, 6.45) is 2.21. The molecule has 21 heavy (non-hydrogen) atoms. The van der Waals surface area contributed by atoms with E-state index in [-0.39, 0.29) is 0 Å². The lowest BCUT2D eigenvalue weighted by atomic mass is 9.97. The first-order chi connectivity index (χ1) is 10.2. The van der Waals surface area contributed by atoms with Gasteiger partial charge in [-0.05, 0) is 66.1 Å². The van der Waals surface area contributed by atoms with Crippen LogP contribution < -0.4 is 10.6 Å². The molecule has 1 saturated heterocycles. The standard InChI is InChI=1S/C14H17ClIN5/c15-10-1-2-12(16)11(7-10)13-18-14(20-19-13)21-5-3-9(8-17)4-6-21/h1-2,7,9H,3-6,8,17H2,(H,18,19,20).